The van der Waals surface area contributed by atoms with E-state index in [1.54, 1.807) is 49.0 Å². The van der Waals surface area contributed by atoms with Gasteiger partial charge in [0.1, 0.15) is 17.5 Å². The number of carbonyl (C=O) groups excluding carboxylic acids is 1. The first-order valence-corrected chi connectivity index (χ1v) is 9.44. The third kappa shape index (κ3) is 3.55. The van der Waals surface area contributed by atoms with Crippen LogP contribution in [0.1, 0.15) is 18.5 Å². The topological polar surface area (TPSA) is 103 Å². The molecule has 0 unspecified atom stereocenters. The molecular weight excluding hydrogens is 408 g/mol. The maximum Gasteiger partial charge on any atom is 0.255 e. The van der Waals surface area contributed by atoms with Crippen LogP contribution in [-0.4, -0.2) is 40.3 Å². The van der Waals surface area contributed by atoms with Crippen molar-refractivity contribution in [3.8, 4) is 11.5 Å². The highest BCUT2D eigenvalue weighted by Gasteiger charge is 2.34. The number of hydrogen-bond acceptors (Lipinski definition) is 7. The van der Waals surface area contributed by atoms with Gasteiger partial charge in [0.15, 0.2) is 0 Å². The minimum atomic E-state index is -0.530. The third-order valence-electron chi connectivity index (χ3n) is 4.80. The highest BCUT2D eigenvalue weighted by Crippen LogP contribution is 2.36. The first kappa shape index (κ1) is 19.7. The molecule has 2 aromatic carbocycles. The fraction of sp³-hybridized carbons (Fsp3) is 0.200. The summed E-state index contributed by atoms with van der Waals surface area (Å²) >= 11 is 6.05. The zero-order valence-electron chi connectivity index (χ0n) is 16.5. The molecule has 1 aliphatic heterocycles. The van der Waals surface area contributed by atoms with E-state index in [2.05, 4.69) is 26.2 Å². The van der Waals surface area contributed by atoms with Gasteiger partial charge < -0.3 is 20.1 Å². The molecule has 2 N–H and O–H groups in total. The molecule has 0 saturated heterocycles. The third-order valence-corrected chi connectivity index (χ3v) is 5.05. The number of methoxy groups -OCH3 is 2. The molecule has 9 nitrogen and oxygen atoms in total. The Kier molecular flexibility index (Phi) is 5.28. The van der Waals surface area contributed by atoms with Crippen molar-refractivity contribution in [3.63, 3.8) is 0 Å². The first-order valence-electron chi connectivity index (χ1n) is 9.06. The van der Waals surface area contributed by atoms with Gasteiger partial charge in [0.25, 0.3) is 5.91 Å². The first-order chi connectivity index (χ1) is 14.5. The maximum atomic E-state index is 13.4. The van der Waals surface area contributed by atoms with Crippen LogP contribution >= 0.6 is 11.6 Å². The zero-order chi connectivity index (χ0) is 21.3. The van der Waals surface area contributed by atoms with Crippen molar-refractivity contribution in [2.75, 3.05) is 24.9 Å². The number of tetrazole rings is 1. The van der Waals surface area contributed by atoms with Crippen LogP contribution in [0, 0.1) is 0 Å². The van der Waals surface area contributed by atoms with E-state index in [9.17, 15) is 4.79 Å². The van der Waals surface area contributed by atoms with Gasteiger partial charge in [-0.2, -0.15) is 4.68 Å². The summed E-state index contributed by atoms with van der Waals surface area (Å²) in [6, 6.07) is 11.9. The van der Waals surface area contributed by atoms with Crippen molar-refractivity contribution in [1.82, 2.24) is 20.2 Å². The lowest BCUT2D eigenvalue weighted by atomic mass is 9.95. The fourth-order valence-electron chi connectivity index (χ4n) is 3.35. The van der Waals surface area contributed by atoms with Crippen molar-refractivity contribution in [2.45, 2.75) is 13.0 Å². The van der Waals surface area contributed by atoms with Crippen LogP contribution in [0.15, 0.2) is 53.7 Å². The lowest BCUT2D eigenvalue weighted by Gasteiger charge is -2.28. The predicted molar refractivity (Wildman–Crippen MR) is 112 cm³/mol. The van der Waals surface area contributed by atoms with E-state index in [1.807, 2.05) is 12.1 Å². The second-order valence-electron chi connectivity index (χ2n) is 6.59. The number of halogens is 1. The van der Waals surface area contributed by atoms with Gasteiger partial charge in [0.05, 0.1) is 25.5 Å². The molecule has 0 bridgehead atoms. The number of fused-ring (bicyclic) bond motifs is 1. The molecule has 4 rings (SSSR count). The van der Waals surface area contributed by atoms with Crippen LogP contribution in [-0.2, 0) is 4.79 Å². The molecule has 1 aromatic heterocycles. The normalized spacial score (nSPS) is 15.3. The van der Waals surface area contributed by atoms with Crippen molar-refractivity contribution >= 4 is 29.1 Å². The van der Waals surface area contributed by atoms with Gasteiger partial charge in [0.2, 0.25) is 5.95 Å². The average molecular weight is 427 g/mol. The van der Waals surface area contributed by atoms with Crippen LogP contribution in [0.5, 0.6) is 11.5 Å². The van der Waals surface area contributed by atoms with Crippen LogP contribution < -0.4 is 20.1 Å². The summed E-state index contributed by atoms with van der Waals surface area (Å²) in [7, 11) is 3.09. The number of anilines is 2. The largest absolute Gasteiger partial charge is 0.497 e. The Morgan fingerprint density at radius 2 is 1.93 bits per heavy atom. The quantitative estimate of drug-likeness (QED) is 0.645. The summed E-state index contributed by atoms with van der Waals surface area (Å²) in [5.74, 6) is 1.24. The zero-order valence-corrected chi connectivity index (χ0v) is 17.3. The van der Waals surface area contributed by atoms with Crippen molar-refractivity contribution in [3.05, 3.63) is 64.3 Å². The molecule has 30 heavy (non-hydrogen) atoms. The Balaban J connectivity index is 1.74. The van der Waals surface area contributed by atoms with Crippen LogP contribution in [0.25, 0.3) is 0 Å². The van der Waals surface area contributed by atoms with Crippen molar-refractivity contribution in [2.24, 2.45) is 0 Å². The maximum absolute atomic E-state index is 13.4. The summed E-state index contributed by atoms with van der Waals surface area (Å²) < 4.78 is 12.2. The second kappa shape index (κ2) is 8.03. The molecule has 10 heteroatoms. The Bertz CT molecular complexity index is 1130. The number of nitrogens with zero attached hydrogens (tertiary/aromatic N) is 4. The summed E-state index contributed by atoms with van der Waals surface area (Å²) in [5, 5.41) is 18.4. The number of rotatable bonds is 5. The van der Waals surface area contributed by atoms with Gasteiger partial charge in [-0.25, -0.2) is 0 Å². The Labute approximate surface area is 177 Å². The van der Waals surface area contributed by atoms with Gasteiger partial charge in [-0.05, 0) is 47.2 Å². The molecule has 0 aliphatic carbocycles. The molecule has 0 fully saturated rings. The van der Waals surface area contributed by atoms with Gasteiger partial charge in [-0.1, -0.05) is 28.8 Å². The number of benzene rings is 2. The number of aromatic nitrogens is 4. The van der Waals surface area contributed by atoms with Gasteiger partial charge in [0, 0.05) is 16.8 Å². The molecule has 3 aromatic rings. The molecule has 2 heterocycles. The number of hydrogen-bond donors (Lipinski definition) is 2. The SMILES string of the molecule is COc1ccc(NC(=O)C2=C(C)Nc3nnnn3[C@@H]2c2ccc(Cl)cc2)c(OC)c1. The highest BCUT2D eigenvalue weighted by molar-refractivity contribution is 6.30. The van der Waals surface area contributed by atoms with E-state index in [0.29, 0.717) is 39.4 Å². The number of nitrogens with one attached hydrogen (secondary N) is 2. The average Bonchev–Trinajstić information content (AvgIpc) is 3.21. The van der Waals surface area contributed by atoms with Crippen LogP contribution in [0.2, 0.25) is 5.02 Å². The number of amides is 1. The molecule has 0 radical (unpaired) electrons. The lowest BCUT2D eigenvalue weighted by molar-refractivity contribution is -0.113. The van der Waals surface area contributed by atoms with E-state index < -0.39 is 6.04 Å². The summed E-state index contributed by atoms with van der Waals surface area (Å²) in [6.07, 6.45) is 0. The minimum absolute atomic E-state index is 0.315. The summed E-state index contributed by atoms with van der Waals surface area (Å²) in [5.41, 5.74) is 2.44. The molecule has 0 spiro atoms. The van der Waals surface area contributed by atoms with Gasteiger partial charge >= 0.3 is 0 Å². The highest BCUT2D eigenvalue weighted by atomic mass is 35.5. The number of carbonyl (C=O) groups is 1. The van der Waals surface area contributed by atoms with E-state index in [0.717, 1.165) is 5.56 Å². The van der Waals surface area contributed by atoms with E-state index >= 15 is 0 Å². The Hall–Kier alpha value is -3.59. The monoisotopic (exact) mass is 426 g/mol. The molecule has 1 aliphatic rings. The van der Waals surface area contributed by atoms with E-state index in [-0.39, 0.29) is 5.91 Å². The predicted octanol–water partition coefficient (Wildman–Crippen LogP) is 3.27. The molecule has 154 valence electrons. The standard InChI is InChI=1S/C20H19ClN6O3/c1-11-17(19(28)23-15-9-8-14(29-2)10-16(15)30-3)18(12-4-6-13(21)7-5-12)27-20(22-11)24-25-26-27/h4-10,18H,1-3H3,(H,23,28)(H,22,24,26)/t18-/m1/s1. The smallest absolute Gasteiger partial charge is 0.255 e. The van der Waals surface area contributed by atoms with Crippen molar-refractivity contribution < 1.29 is 14.3 Å². The Morgan fingerprint density at radius 1 is 1.17 bits per heavy atom. The Morgan fingerprint density at radius 3 is 2.63 bits per heavy atom. The number of ether oxygens (including phenoxy) is 2. The summed E-state index contributed by atoms with van der Waals surface area (Å²) in [6.45, 7) is 1.81. The van der Waals surface area contributed by atoms with Gasteiger partial charge in [-0.15, -0.1) is 0 Å². The molecule has 1 amide bonds. The lowest BCUT2D eigenvalue weighted by Crippen LogP contribution is -2.31. The van der Waals surface area contributed by atoms with Crippen molar-refractivity contribution in [1.29, 1.82) is 0 Å². The molecular formula is C20H19ClN6O3. The summed E-state index contributed by atoms with van der Waals surface area (Å²) in [4.78, 5) is 13.4. The van der Waals surface area contributed by atoms with E-state index in [1.165, 1.54) is 7.11 Å². The minimum Gasteiger partial charge on any atom is -0.497 e. The number of allylic oxidation sites excluding steroid dienone is 1. The van der Waals surface area contributed by atoms with Crippen LogP contribution in [0.4, 0.5) is 11.6 Å². The van der Waals surface area contributed by atoms with E-state index in [4.69, 9.17) is 21.1 Å². The molecule has 0 saturated carbocycles. The van der Waals surface area contributed by atoms with Crippen LogP contribution in [0.3, 0.4) is 0 Å². The van der Waals surface area contributed by atoms with Gasteiger partial charge in [-0.3, -0.25) is 4.79 Å². The second-order valence-corrected chi connectivity index (χ2v) is 7.02. The fourth-order valence-corrected chi connectivity index (χ4v) is 3.48. The molecule has 1 atom stereocenters.